The van der Waals surface area contributed by atoms with Crippen LogP contribution in [0.15, 0.2) is 16.9 Å². The van der Waals surface area contributed by atoms with Crippen LogP contribution < -0.4 is 11.4 Å². The van der Waals surface area contributed by atoms with E-state index in [1.54, 1.807) is 6.07 Å². The number of nitrogen functional groups attached to an aromatic ring is 1. The van der Waals surface area contributed by atoms with Gasteiger partial charge in [-0.2, -0.15) is 0 Å². The molecule has 0 aliphatic heterocycles. The molecule has 20 heavy (non-hydrogen) atoms. The average Bonchev–Trinajstić information content (AvgIpc) is 2.51. The molecule has 110 valence electrons. The van der Waals surface area contributed by atoms with Crippen molar-refractivity contribution in [2.24, 2.45) is 0 Å². The predicted molar refractivity (Wildman–Crippen MR) is 82.5 cm³/mol. The average molecular weight is 274 g/mol. The highest BCUT2D eigenvalue weighted by molar-refractivity contribution is 5.25. The highest BCUT2D eigenvalue weighted by Gasteiger charge is 2.22. The Bertz CT molecular complexity index is 508. The van der Waals surface area contributed by atoms with Gasteiger partial charge in [0, 0.05) is 17.7 Å². The highest BCUT2D eigenvalue weighted by Crippen LogP contribution is 2.36. The molecule has 0 spiro atoms. The van der Waals surface area contributed by atoms with Crippen molar-refractivity contribution in [2.75, 3.05) is 5.84 Å². The van der Waals surface area contributed by atoms with Crippen LogP contribution in [-0.4, -0.2) is 4.68 Å². The topological polar surface area (TPSA) is 48.0 Å². The first-order valence-electron chi connectivity index (χ1n) is 8.27. The number of pyridine rings is 1. The Labute approximate surface area is 121 Å². The van der Waals surface area contributed by atoms with Gasteiger partial charge in [0.25, 0.3) is 5.56 Å². The van der Waals surface area contributed by atoms with Crippen LogP contribution in [0.4, 0.5) is 0 Å². The molecule has 0 aromatic carbocycles. The van der Waals surface area contributed by atoms with Crippen LogP contribution in [0.5, 0.6) is 0 Å². The Kier molecular flexibility index (Phi) is 4.13. The predicted octanol–water partition coefficient (Wildman–Crippen LogP) is 3.66. The van der Waals surface area contributed by atoms with Crippen molar-refractivity contribution in [1.29, 1.82) is 0 Å². The lowest BCUT2D eigenvalue weighted by Gasteiger charge is -2.26. The van der Waals surface area contributed by atoms with E-state index in [0.717, 1.165) is 5.69 Å². The highest BCUT2D eigenvalue weighted by atomic mass is 16.1. The second kappa shape index (κ2) is 6.02. The van der Waals surface area contributed by atoms with E-state index >= 15 is 0 Å². The fourth-order valence-electron chi connectivity index (χ4n) is 4.01. The summed E-state index contributed by atoms with van der Waals surface area (Å²) in [7, 11) is 0. The summed E-state index contributed by atoms with van der Waals surface area (Å²) in [5.74, 6) is 7.09. The Morgan fingerprint density at radius 1 is 0.850 bits per heavy atom. The molecule has 1 aromatic rings. The van der Waals surface area contributed by atoms with Gasteiger partial charge < -0.3 is 5.84 Å². The minimum absolute atomic E-state index is 0.0198. The maximum absolute atomic E-state index is 12.2. The van der Waals surface area contributed by atoms with E-state index in [1.807, 2.05) is 0 Å². The van der Waals surface area contributed by atoms with E-state index in [4.69, 9.17) is 5.84 Å². The third kappa shape index (κ3) is 2.77. The zero-order valence-corrected chi connectivity index (χ0v) is 12.3. The monoisotopic (exact) mass is 274 g/mol. The molecular weight excluding hydrogens is 248 g/mol. The Morgan fingerprint density at radius 3 is 2.00 bits per heavy atom. The van der Waals surface area contributed by atoms with Gasteiger partial charge in [-0.1, -0.05) is 38.5 Å². The van der Waals surface area contributed by atoms with Crippen LogP contribution in [0.25, 0.3) is 0 Å². The minimum Gasteiger partial charge on any atom is -0.336 e. The molecular formula is C17H26N2O. The summed E-state index contributed by atoms with van der Waals surface area (Å²) in [5.41, 5.74) is 2.31. The number of hydrogen-bond acceptors (Lipinski definition) is 2. The molecule has 1 heterocycles. The van der Waals surface area contributed by atoms with Crippen molar-refractivity contribution in [3.8, 4) is 0 Å². The molecule has 2 fully saturated rings. The van der Waals surface area contributed by atoms with Crippen molar-refractivity contribution in [3.05, 3.63) is 33.7 Å². The second-order valence-electron chi connectivity index (χ2n) is 6.59. The molecule has 2 saturated carbocycles. The van der Waals surface area contributed by atoms with Gasteiger partial charge in [-0.05, 0) is 43.2 Å². The van der Waals surface area contributed by atoms with Gasteiger partial charge in [-0.15, -0.1) is 0 Å². The summed E-state index contributed by atoms with van der Waals surface area (Å²) in [6.45, 7) is 0. The first-order valence-corrected chi connectivity index (χ1v) is 8.27. The molecule has 0 saturated heterocycles. The lowest BCUT2D eigenvalue weighted by atomic mass is 9.82. The van der Waals surface area contributed by atoms with E-state index in [2.05, 4.69) is 6.07 Å². The number of nitrogens with zero attached hydrogens (tertiary/aromatic N) is 1. The summed E-state index contributed by atoms with van der Waals surface area (Å²) in [4.78, 5) is 12.2. The van der Waals surface area contributed by atoms with Crippen molar-refractivity contribution in [2.45, 2.75) is 76.0 Å². The Balaban J connectivity index is 1.92. The van der Waals surface area contributed by atoms with Gasteiger partial charge >= 0.3 is 0 Å². The standard InChI is InChI=1S/C17H26N2O/c18-19-16(14-9-5-2-6-10-14)11-15(12-17(19)20)13-7-3-1-4-8-13/h11-14H,1-10,18H2. The molecule has 2 N–H and O–H groups in total. The van der Waals surface area contributed by atoms with E-state index < -0.39 is 0 Å². The minimum atomic E-state index is -0.0198. The SMILES string of the molecule is Nn1c(C2CCCCC2)cc(C2CCCCC2)cc1=O. The van der Waals surface area contributed by atoms with Gasteiger partial charge in [0.1, 0.15) is 0 Å². The lowest BCUT2D eigenvalue weighted by Crippen LogP contribution is -2.32. The number of hydrogen-bond donors (Lipinski definition) is 1. The molecule has 0 unspecified atom stereocenters. The lowest BCUT2D eigenvalue weighted by molar-refractivity contribution is 0.422. The van der Waals surface area contributed by atoms with Gasteiger partial charge in [0.2, 0.25) is 0 Å². The molecule has 2 aliphatic carbocycles. The first kappa shape index (κ1) is 13.7. The number of aromatic nitrogens is 1. The van der Waals surface area contributed by atoms with Crippen LogP contribution >= 0.6 is 0 Å². The van der Waals surface area contributed by atoms with Gasteiger partial charge in [0.15, 0.2) is 0 Å². The zero-order chi connectivity index (χ0) is 13.9. The molecule has 3 rings (SSSR count). The normalized spacial score (nSPS) is 22.0. The number of nitrogens with two attached hydrogens (primary N) is 1. The zero-order valence-electron chi connectivity index (χ0n) is 12.3. The fourth-order valence-corrected chi connectivity index (χ4v) is 4.01. The third-order valence-corrected chi connectivity index (χ3v) is 5.22. The van der Waals surface area contributed by atoms with Crippen LogP contribution in [-0.2, 0) is 0 Å². The summed E-state index contributed by atoms with van der Waals surface area (Å²) in [6.07, 6.45) is 12.7. The molecule has 1 aromatic heterocycles. The van der Waals surface area contributed by atoms with E-state index in [0.29, 0.717) is 11.8 Å². The molecule has 0 bridgehead atoms. The van der Waals surface area contributed by atoms with Crippen LogP contribution in [0.2, 0.25) is 0 Å². The quantitative estimate of drug-likeness (QED) is 0.837. The fraction of sp³-hybridized carbons (Fsp3) is 0.706. The molecule has 0 atom stereocenters. The summed E-state index contributed by atoms with van der Waals surface area (Å²) in [5, 5.41) is 0. The summed E-state index contributed by atoms with van der Waals surface area (Å²) >= 11 is 0. The first-order chi connectivity index (χ1) is 9.75. The van der Waals surface area contributed by atoms with Crippen LogP contribution in [0.1, 0.15) is 87.3 Å². The van der Waals surface area contributed by atoms with Crippen molar-refractivity contribution in [3.63, 3.8) is 0 Å². The van der Waals surface area contributed by atoms with E-state index in [1.165, 1.54) is 74.4 Å². The van der Waals surface area contributed by atoms with E-state index in [9.17, 15) is 4.79 Å². The largest absolute Gasteiger partial charge is 0.336 e. The maximum atomic E-state index is 12.2. The molecule has 3 nitrogen and oxygen atoms in total. The van der Waals surface area contributed by atoms with Crippen LogP contribution in [0, 0.1) is 0 Å². The van der Waals surface area contributed by atoms with Crippen molar-refractivity contribution >= 4 is 0 Å². The van der Waals surface area contributed by atoms with Crippen molar-refractivity contribution in [1.82, 2.24) is 4.68 Å². The smallest absolute Gasteiger partial charge is 0.269 e. The molecule has 0 amide bonds. The van der Waals surface area contributed by atoms with Gasteiger partial charge in [-0.25, -0.2) is 4.68 Å². The molecule has 2 aliphatic rings. The van der Waals surface area contributed by atoms with Crippen molar-refractivity contribution < 1.29 is 0 Å². The third-order valence-electron chi connectivity index (χ3n) is 5.22. The summed E-state index contributed by atoms with van der Waals surface area (Å²) < 4.78 is 1.41. The van der Waals surface area contributed by atoms with Crippen LogP contribution in [0.3, 0.4) is 0 Å². The molecule has 3 heteroatoms. The van der Waals surface area contributed by atoms with Gasteiger partial charge in [-0.3, -0.25) is 4.79 Å². The molecule has 0 radical (unpaired) electrons. The number of rotatable bonds is 2. The second-order valence-corrected chi connectivity index (χ2v) is 6.59. The maximum Gasteiger partial charge on any atom is 0.269 e. The Hall–Kier alpha value is -1.25. The van der Waals surface area contributed by atoms with Gasteiger partial charge in [0.05, 0.1) is 0 Å². The summed E-state index contributed by atoms with van der Waals surface area (Å²) in [6, 6.07) is 4.02. The van der Waals surface area contributed by atoms with E-state index in [-0.39, 0.29) is 5.56 Å². The Morgan fingerprint density at radius 2 is 1.40 bits per heavy atom.